The molecule has 108 valence electrons. The molecule has 1 N–H and O–H groups in total. The molecule has 1 aliphatic heterocycles. The predicted octanol–water partition coefficient (Wildman–Crippen LogP) is 3.83. The van der Waals surface area contributed by atoms with Crippen molar-refractivity contribution in [2.24, 2.45) is 5.92 Å². The Kier molecular flexibility index (Phi) is 8.70. The molecule has 0 saturated carbocycles. The maximum atomic E-state index is 9.68. The first-order chi connectivity index (χ1) is 8.74. The lowest BCUT2D eigenvalue weighted by Crippen LogP contribution is -2.42. The third kappa shape index (κ3) is 6.75. The second kappa shape index (κ2) is 9.80. The summed E-state index contributed by atoms with van der Waals surface area (Å²) in [4.78, 5) is 2.54. The average molecular weight is 255 g/mol. The summed E-state index contributed by atoms with van der Waals surface area (Å²) in [6.07, 6.45) is 12.1. The van der Waals surface area contributed by atoms with Gasteiger partial charge in [-0.1, -0.05) is 58.8 Å². The summed E-state index contributed by atoms with van der Waals surface area (Å²) < 4.78 is 0. The largest absolute Gasteiger partial charge is 0.393 e. The minimum Gasteiger partial charge on any atom is -0.393 e. The molecule has 1 fully saturated rings. The van der Waals surface area contributed by atoms with Crippen LogP contribution in [-0.4, -0.2) is 35.7 Å². The number of rotatable bonds is 9. The molecular weight excluding hydrogens is 222 g/mol. The number of likely N-dealkylation sites (tertiary alicyclic amines) is 1. The van der Waals surface area contributed by atoms with E-state index in [0.717, 1.165) is 19.5 Å². The molecule has 1 heterocycles. The zero-order valence-electron chi connectivity index (χ0n) is 12.5. The molecule has 2 heteroatoms. The topological polar surface area (TPSA) is 23.5 Å². The molecule has 0 aromatic carbocycles. The molecule has 0 aromatic rings. The van der Waals surface area contributed by atoms with Crippen molar-refractivity contribution in [2.45, 2.75) is 77.7 Å². The van der Waals surface area contributed by atoms with E-state index < -0.39 is 0 Å². The van der Waals surface area contributed by atoms with E-state index in [1.54, 1.807) is 0 Å². The molecule has 2 unspecified atom stereocenters. The van der Waals surface area contributed by atoms with E-state index in [9.17, 15) is 5.11 Å². The first-order valence-corrected chi connectivity index (χ1v) is 8.14. The Bertz CT molecular complexity index is 196. The predicted molar refractivity (Wildman–Crippen MR) is 78.8 cm³/mol. The number of hydrogen-bond donors (Lipinski definition) is 1. The molecule has 1 aliphatic rings. The SMILES string of the molecule is CCCCCCCCCCN1CCC(O)C(C)C1. The Labute approximate surface area is 114 Å². The monoisotopic (exact) mass is 255 g/mol. The molecule has 0 amide bonds. The summed E-state index contributed by atoms with van der Waals surface area (Å²) in [5.41, 5.74) is 0. The van der Waals surface area contributed by atoms with Gasteiger partial charge in [-0.05, 0) is 25.3 Å². The first kappa shape index (κ1) is 16.0. The van der Waals surface area contributed by atoms with Gasteiger partial charge in [0.15, 0.2) is 0 Å². The van der Waals surface area contributed by atoms with Crippen LogP contribution in [0.3, 0.4) is 0 Å². The maximum Gasteiger partial charge on any atom is 0.0590 e. The Morgan fingerprint density at radius 2 is 1.61 bits per heavy atom. The molecule has 1 saturated heterocycles. The second-order valence-electron chi connectivity index (χ2n) is 6.11. The third-order valence-electron chi connectivity index (χ3n) is 4.27. The standard InChI is InChI=1S/C16H33NO/c1-3-4-5-6-7-8-9-10-12-17-13-11-16(18)15(2)14-17/h15-16,18H,3-14H2,1-2H3. The highest BCUT2D eigenvalue weighted by atomic mass is 16.3. The number of hydrogen-bond acceptors (Lipinski definition) is 2. The van der Waals surface area contributed by atoms with Crippen molar-refractivity contribution in [2.75, 3.05) is 19.6 Å². The van der Waals surface area contributed by atoms with Crippen LogP contribution >= 0.6 is 0 Å². The molecule has 0 spiro atoms. The van der Waals surface area contributed by atoms with Gasteiger partial charge in [0, 0.05) is 13.1 Å². The van der Waals surface area contributed by atoms with E-state index in [4.69, 9.17) is 0 Å². The van der Waals surface area contributed by atoms with E-state index in [1.165, 1.54) is 57.9 Å². The molecule has 1 rings (SSSR count). The number of aliphatic hydroxyl groups excluding tert-OH is 1. The Balaban J connectivity index is 1.89. The van der Waals surface area contributed by atoms with Crippen molar-refractivity contribution in [1.29, 1.82) is 0 Å². The second-order valence-corrected chi connectivity index (χ2v) is 6.11. The minimum atomic E-state index is -0.0557. The fourth-order valence-corrected chi connectivity index (χ4v) is 2.89. The fraction of sp³-hybridized carbons (Fsp3) is 1.00. The first-order valence-electron chi connectivity index (χ1n) is 8.14. The molecule has 18 heavy (non-hydrogen) atoms. The third-order valence-corrected chi connectivity index (χ3v) is 4.27. The van der Waals surface area contributed by atoms with E-state index in [2.05, 4.69) is 18.7 Å². The summed E-state index contributed by atoms with van der Waals surface area (Å²) in [5.74, 6) is 0.466. The van der Waals surface area contributed by atoms with Crippen molar-refractivity contribution in [3.63, 3.8) is 0 Å². The van der Waals surface area contributed by atoms with Gasteiger partial charge < -0.3 is 10.0 Å². The molecule has 0 radical (unpaired) electrons. The zero-order chi connectivity index (χ0) is 13.2. The van der Waals surface area contributed by atoms with Gasteiger partial charge in [0.05, 0.1) is 6.10 Å². The van der Waals surface area contributed by atoms with Crippen LogP contribution in [0.15, 0.2) is 0 Å². The highest BCUT2D eigenvalue weighted by Gasteiger charge is 2.23. The summed E-state index contributed by atoms with van der Waals surface area (Å²) in [6.45, 7) is 7.88. The highest BCUT2D eigenvalue weighted by molar-refractivity contribution is 4.76. The summed E-state index contributed by atoms with van der Waals surface area (Å²) in [6, 6.07) is 0. The Morgan fingerprint density at radius 3 is 2.22 bits per heavy atom. The highest BCUT2D eigenvalue weighted by Crippen LogP contribution is 2.17. The van der Waals surface area contributed by atoms with Crippen LogP contribution in [0.25, 0.3) is 0 Å². The molecule has 0 aliphatic carbocycles. The van der Waals surface area contributed by atoms with Gasteiger partial charge in [0.2, 0.25) is 0 Å². The van der Waals surface area contributed by atoms with E-state index in [0.29, 0.717) is 5.92 Å². The molecule has 2 atom stereocenters. The maximum absolute atomic E-state index is 9.68. The quantitative estimate of drug-likeness (QED) is 0.633. The molecule has 0 bridgehead atoms. The van der Waals surface area contributed by atoms with E-state index in [1.807, 2.05) is 0 Å². The summed E-state index contributed by atoms with van der Waals surface area (Å²) >= 11 is 0. The van der Waals surface area contributed by atoms with Gasteiger partial charge in [0.25, 0.3) is 0 Å². The Morgan fingerprint density at radius 1 is 1.00 bits per heavy atom. The minimum absolute atomic E-state index is 0.0557. The van der Waals surface area contributed by atoms with Crippen LogP contribution in [-0.2, 0) is 0 Å². The number of nitrogens with zero attached hydrogens (tertiary/aromatic N) is 1. The Hall–Kier alpha value is -0.0800. The molecular formula is C16H33NO. The van der Waals surface area contributed by atoms with Crippen molar-refractivity contribution >= 4 is 0 Å². The van der Waals surface area contributed by atoms with Crippen LogP contribution in [0.4, 0.5) is 0 Å². The van der Waals surface area contributed by atoms with Crippen molar-refractivity contribution in [3.8, 4) is 0 Å². The van der Waals surface area contributed by atoms with Gasteiger partial charge >= 0.3 is 0 Å². The van der Waals surface area contributed by atoms with Gasteiger partial charge in [0.1, 0.15) is 0 Å². The normalized spacial score (nSPS) is 25.5. The lowest BCUT2D eigenvalue weighted by molar-refractivity contribution is 0.0345. The van der Waals surface area contributed by atoms with Crippen molar-refractivity contribution < 1.29 is 5.11 Å². The lowest BCUT2D eigenvalue weighted by Gasteiger charge is -2.34. The number of piperidine rings is 1. The van der Waals surface area contributed by atoms with Crippen LogP contribution < -0.4 is 0 Å². The van der Waals surface area contributed by atoms with Gasteiger partial charge in [-0.15, -0.1) is 0 Å². The van der Waals surface area contributed by atoms with Crippen LogP contribution in [0.2, 0.25) is 0 Å². The summed E-state index contributed by atoms with van der Waals surface area (Å²) in [7, 11) is 0. The van der Waals surface area contributed by atoms with Gasteiger partial charge in [-0.2, -0.15) is 0 Å². The van der Waals surface area contributed by atoms with Crippen molar-refractivity contribution in [1.82, 2.24) is 4.90 Å². The number of aliphatic hydroxyl groups is 1. The van der Waals surface area contributed by atoms with Gasteiger partial charge in [-0.3, -0.25) is 0 Å². The fourth-order valence-electron chi connectivity index (χ4n) is 2.89. The zero-order valence-corrected chi connectivity index (χ0v) is 12.5. The van der Waals surface area contributed by atoms with Crippen LogP contribution in [0.5, 0.6) is 0 Å². The van der Waals surface area contributed by atoms with Gasteiger partial charge in [-0.25, -0.2) is 0 Å². The summed E-state index contributed by atoms with van der Waals surface area (Å²) in [5, 5.41) is 9.68. The van der Waals surface area contributed by atoms with E-state index in [-0.39, 0.29) is 6.10 Å². The van der Waals surface area contributed by atoms with Crippen molar-refractivity contribution in [3.05, 3.63) is 0 Å². The van der Waals surface area contributed by atoms with E-state index >= 15 is 0 Å². The number of unbranched alkanes of at least 4 members (excludes halogenated alkanes) is 7. The molecule has 0 aromatic heterocycles. The molecule has 2 nitrogen and oxygen atoms in total. The van der Waals surface area contributed by atoms with Crippen LogP contribution in [0.1, 0.15) is 71.6 Å². The average Bonchev–Trinajstić information content (AvgIpc) is 2.37. The smallest absolute Gasteiger partial charge is 0.0590 e. The lowest BCUT2D eigenvalue weighted by atomic mass is 9.96. The van der Waals surface area contributed by atoms with Crippen LogP contribution in [0, 0.1) is 5.92 Å².